The van der Waals surface area contributed by atoms with E-state index in [4.69, 9.17) is 16.3 Å². The number of benzene rings is 1. The molecule has 5 nitrogen and oxygen atoms in total. The maximum absolute atomic E-state index is 12.9. The molecule has 1 heterocycles. The van der Waals surface area contributed by atoms with Gasteiger partial charge in [0.25, 0.3) is 0 Å². The van der Waals surface area contributed by atoms with Gasteiger partial charge in [0.1, 0.15) is 5.54 Å². The minimum absolute atomic E-state index is 0.0458. The van der Waals surface area contributed by atoms with Gasteiger partial charge >= 0.3 is 5.97 Å². The molecule has 1 fully saturated rings. The number of rotatable bonds is 7. The minimum Gasteiger partial charge on any atom is -0.468 e. The lowest BCUT2D eigenvalue weighted by molar-refractivity contribution is -0.152. The van der Waals surface area contributed by atoms with Crippen LogP contribution in [0.1, 0.15) is 31.4 Å². The summed E-state index contributed by atoms with van der Waals surface area (Å²) in [6.07, 6.45) is 3.35. The van der Waals surface area contributed by atoms with Crippen LogP contribution in [0.25, 0.3) is 0 Å². The highest BCUT2D eigenvalue weighted by Crippen LogP contribution is 2.47. The van der Waals surface area contributed by atoms with Crippen molar-refractivity contribution in [2.75, 3.05) is 32.7 Å². The van der Waals surface area contributed by atoms with Crippen molar-refractivity contribution < 1.29 is 14.3 Å². The Balaban J connectivity index is 2.31. The molecule has 2 rings (SSSR count). The van der Waals surface area contributed by atoms with Crippen molar-refractivity contribution in [1.29, 1.82) is 0 Å². The normalized spacial score (nSPS) is 25.9. The number of hydrogen-bond acceptors (Lipinski definition) is 5. The van der Waals surface area contributed by atoms with Gasteiger partial charge in [-0.15, -0.1) is 0 Å². The first-order valence-electron chi connectivity index (χ1n) is 8.69. The van der Waals surface area contributed by atoms with Gasteiger partial charge in [0, 0.05) is 17.6 Å². The number of thioether (sulfide) groups is 1. The summed E-state index contributed by atoms with van der Waals surface area (Å²) in [6.45, 7) is 2.45. The van der Waals surface area contributed by atoms with Gasteiger partial charge in [0.05, 0.1) is 13.0 Å². The Kier molecular flexibility index (Phi) is 7.38. The SMILES string of the molecule is COC(=O)[C@]1(C)CC(C(=O)NCCCSC)C(c2ccccc2Cl)N1C. The summed E-state index contributed by atoms with van der Waals surface area (Å²) in [6, 6.07) is 7.20. The maximum atomic E-state index is 12.9. The van der Waals surface area contributed by atoms with E-state index in [0.29, 0.717) is 18.0 Å². The predicted octanol–water partition coefficient (Wildman–Crippen LogP) is 3.13. The van der Waals surface area contributed by atoms with Crippen LogP contribution in [-0.2, 0) is 14.3 Å². The number of carbonyl (C=O) groups excluding carboxylic acids is 2. The standard InChI is InChI=1S/C19H27ClN2O3S/c1-19(18(24)25-3)12-14(17(23)21-10-7-11-26-4)16(22(19)2)13-8-5-6-9-15(13)20/h5-6,8-9,14,16H,7,10-12H2,1-4H3,(H,21,23)/t14?,16?,19-/m0/s1. The van der Waals surface area contributed by atoms with Crippen molar-refractivity contribution in [3.8, 4) is 0 Å². The largest absolute Gasteiger partial charge is 0.468 e. The fourth-order valence-corrected chi connectivity index (χ4v) is 4.32. The van der Waals surface area contributed by atoms with Gasteiger partial charge < -0.3 is 10.1 Å². The third-order valence-corrected chi connectivity index (χ3v) is 6.25. The lowest BCUT2D eigenvalue weighted by Gasteiger charge is -2.33. The lowest BCUT2D eigenvalue weighted by Crippen LogP contribution is -2.47. The van der Waals surface area contributed by atoms with Crippen molar-refractivity contribution in [3.63, 3.8) is 0 Å². The summed E-state index contributed by atoms with van der Waals surface area (Å²) < 4.78 is 5.02. The highest BCUT2D eigenvalue weighted by molar-refractivity contribution is 7.98. The van der Waals surface area contributed by atoms with E-state index in [0.717, 1.165) is 17.7 Å². The van der Waals surface area contributed by atoms with Gasteiger partial charge in [-0.2, -0.15) is 11.8 Å². The Hall–Kier alpha value is -1.24. The van der Waals surface area contributed by atoms with E-state index < -0.39 is 5.54 Å². The van der Waals surface area contributed by atoms with E-state index in [-0.39, 0.29) is 23.8 Å². The quantitative estimate of drug-likeness (QED) is 0.564. The van der Waals surface area contributed by atoms with E-state index >= 15 is 0 Å². The first kappa shape index (κ1) is 21.1. The average molecular weight is 399 g/mol. The Morgan fingerprint density at radius 2 is 2.12 bits per heavy atom. The molecule has 0 radical (unpaired) electrons. The third-order valence-electron chi connectivity index (χ3n) is 5.20. The number of likely N-dealkylation sites (N-methyl/N-ethyl adjacent to an activating group) is 1. The fraction of sp³-hybridized carbons (Fsp3) is 0.579. The molecule has 144 valence electrons. The van der Waals surface area contributed by atoms with Crippen molar-refractivity contribution in [3.05, 3.63) is 34.9 Å². The van der Waals surface area contributed by atoms with Crippen LogP contribution in [0, 0.1) is 5.92 Å². The van der Waals surface area contributed by atoms with Crippen LogP contribution < -0.4 is 5.32 Å². The van der Waals surface area contributed by atoms with Crippen LogP contribution in [-0.4, -0.2) is 55.0 Å². The molecule has 1 aliphatic rings. The van der Waals surface area contributed by atoms with Crippen LogP contribution in [0.5, 0.6) is 0 Å². The molecule has 1 aliphatic heterocycles. The first-order chi connectivity index (χ1) is 12.4. The van der Waals surface area contributed by atoms with E-state index in [2.05, 4.69) is 5.32 Å². The van der Waals surface area contributed by atoms with Crippen molar-refractivity contribution >= 4 is 35.2 Å². The van der Waals surface area contributed by atoms with Gasteiger partial charge in [-0.25, -0.2) is 0 Å². The van der Waals surface area contributed by atoms with Crippen molar-refractivity contribution in [2.24, 2.45) is 5.92 Å². The molecule has 26 heavy (non-hydrogen) atoms. The summed E-state index contributed by atoms with van der Waals surface area (Å²) in [5.74, 6) is 0.238. The number of amides is 1. The first-order valence-corrected chi connectivity index (χ1v) is 10.5. The molecule has 1 aromatic rings. The van der Waals surface area contributed by atoms with Gasteiger partial charge in [-0.1, -0.05) is 29.8 Å². The zero-order chi connectivity index (χ0) is 19.3. The molecule has 1 amide bonds. The van der Waals surface area contributed by atoms with E-state index in [9.17, 15) is 9.59 Å². The Bertz CT molecular complexity index is 657. The molecule has 0 spiro atoms. The lowest BCUT2D eigenvalue weighted by atomic mass is 9.89. The Morgan fingerprint density at radius 3 is 2.73 bits per heavy atom. The van der Waals surface area contributed by atoms with Gasteiger partial charge in [-0.05, 0) is 50.5 Å². The number of methoxy groups -OCH3 is 1. The van der Waals surface area contributed by atoms with Crippen molar-refractivity contribution in [1.82, 2.24) is 10.2 Å². The van der Waals surface area contributed by atoms with Crippen molar-refractivity contribution in [2.45, 2.75) is 31.3 Å². The predicted molar refractivity (Wildman–Crippen MR) is 106 cm³/mol. The highest BCUT2D eigenvalue weighted by Gasteiger charge is 2.55. The molecule has 0 bridgehead atoms. The topological polar surface area (TPSA) is 58.6 Å². The molecule has 0 aliphatic carbocycles. The molecule has 1 aromatic carbocycles. The smallest absolute Gasteiger partial charge is 0.326 e. The van der Waals surface area contributed by atoms with Crippen LogP contribution in [0.15, 0.2) is 24.3 Å². The Labute approximate surface area is 164 Å². The number of nitrogens with zero attached hydrogens (tertiary/aromatic N) is 1. The summed E-state index contributed by atoms with van der Waals surface area (Å²) in [4.78, 5) is 27.3. The number of nitrogens with one attached hydrogen (secondary N) is 1. The average Bonchev–Trinajstić information content (AvgIpc) is 2.91. The van der Waals surface area contributed by atoms with E-state index in [1.807, 2.05) is 49.4 Å². The molecule has 1 saturated heterocycles. The molecule has 3 atom stereocenters. The van der Waals surface area contributed by atoms with Crippen LogP contribution in [0.3, 0.4) is 0 Å². The second kappa shape index (κ2) is 9.11. The second-order valence-electron chi connectivity index (χ2n) is 6.79. The van der Waals surface area contributed by atoms with E-state index in [1.54, 1.807) is 11.8 Å². The van der Waals surface area contributed by atoms with Gasteiger partial charge in [0.2, 0.25) is 5.91 Å². The number of ether oxygens (including phenoxy) is 1. The molecule has 1 N–H and O–H groups in total. The summed E-state index contributed by atoms with van der Waals surface area (Å²) in [5.41, 5.74) is -0.0200. The highest BCUT2D eigenvalue weighted by atomic mass is 35.5. The zero-order valence-electron chi connectivity index (χ0n) is 15.8. The summed E-state index contributed by atoms with van der Waals surface area (Å²) >= 11 is 8.17. The maximum Gasteiger partial charge on any atom is 0.326 e. The summed E-state index contributed by atoms with van der Waals surface area (Å²) in [7, 11) is 3.23. The van der Waals surface area contributed by atoms with Crippen LogP contribution in [0.2, 0.25) is 5.02 Å². The fourth-order valence-electron chi connectivity index (χ4n) is 3.64. The van der Waals surface area contributed by atoms with Crippen LogP contribution >= 0.6 is 23.4 Å². The third kappa shape index (κ3) is 4.18. The number of carbonyl (C=O) groups is 2. The molecule has 2 unspecified atom stereocenters. The Morgan fingerprint density at radius 1 is 1.42 bits per heavy atom. The monoisotopic (exact) mass is 398 g/mol. The van der Waals surface area contributed by atoms with Gasteiger partial charge in [-0.3, -0.25) is 14.5 Å². The molecule has 7 heteroatoms. The number of hydrogen-bond donors (Lipinski definition) is 1. The van der Waals surface area contributed by atoms with E-state index in [1.165, 1.54) is 7.11 Å². The number of esters is 1. The van der Waals surface area contributed by atoms with Gasteiger partial charge in [0.15, 0.2) is 0 Å². The second-order valence-corrected chi connectivity index (χ2v) is 8.18. The summed E-state index contributed by atoms with van der Waals surface area (Å²) in [5, 5.41) is 3.62. The molecule has 0 aromatic heterocycles. The zero-order valence-corrected chi connectivity index (χ0v) is 17.3. The number of halogens is 1. The van der Waals surface area contributed by atoms with Crippen LogP contribution in [0.4, 0.5) is 0 Å². The number of likely N-dealkylation sites (tertiary alicyclic amines) is 1. The molecular weight excluding hydrogens is 372 g/mol. The molecular formula is C19H27ClN2O3S. The minimum atomic E-state index is -0.875. The molecule has 0 saturated carbocycles.